The van der Waals surface area contributed by atoms with E-state index in [1.807, 2.05) is 123 Å². The van der Waals surface area contributed by atoms with Crippen LogP contribution in [0.3, 0.4) is 0 Å². The van der Waals surface area contributed by atoms with Gasteiger partial charge in [-0.25, -0.2) is 4.39 Å². The number of hydrogen-bond donors (Lipinski definition) is 2. The molecule has 0 saturated carbocycles. The summed E-state index contributed by atoms with van der Waals surface area (Å²) in [4.78, 5) is 15.1. The van der Waals surface area contributed by atoms with Crippen LogP contribution in [-0.2, 0) is 0 Å². The molecule has 37 heavy (non-hydrogen) atoms. The highest BCUT2D eigenvalue weighted by Crippen LogP contribution is 2.38. The number of aromatic amines is 1. The van der Waals surface area contributed by atoms with Gasteiger partial charge in [0.1, 0.15) is 5.82 Å². The highest BCUT2D eigenvalue weighted by atomic mass is 19.1. The Kier molecular flexibility index (Phi) is 17.6. The normalized spacial score (nSPS) is 9.16. The quantitative estimate of drug-likeness (QED) is 0.266. The Morgan fingerprint density at radius 3 is 1.62 bits per heavy atom. The Hall–Kier alpha value is -3.66. The molecule has 1 heterocycles. The van der Waals surface area contributed by atoms with Crippen LogP contribution in [0, 0.1) is 5.82 Å². The van der Waals surface area contributed by atoms with Crippen LogP contribution in [0.4, 0.5) is 10.1 Å². The first kappa shape index (κ1) is 33.3. The first-order valence-corrected chi connectivity index (χ1v) is 13.3. The molecule has 4 rings (SSSR count). The van der Waals surface area contributed by atoms with Crippen molar-refractivity contribution in [3.8, 4) is 22.4 Å². The number of rotatable bonds is 5. The molecule has 3 aromatic carbocycles. The topological polar surface area (TPSA) is 44.9 Å². The minimum absolute atomic E-state index is 0.187. The van der Waals surface area contributed by atoms with Gasteiger partial charge in [-0.1, -0.05) is 104 Å². The van der Waals surface area contributed by atoms with E-state index in [4.69, 9.17) is 0 Å². The number of H-pyrrole nitrogens is 1. The van der Waals surface area contributed by atoms with E-state index in [1.165, 1.54) is 12.1 Å². The molecule has 3 nitrogen and oxygen atoms in total. The van der Waals surface area contributed by atoms with Crippen molar-refractivity contribution in [2.45, 2.75) is 61.3 Å². The van der Waals surface area contributed by atoms with Crippen LogP contribution < -0.4 is 5.32 Å². The molecule has 0 unspecified atom stereocenters. The van der Waals surface area contributed by atoms with Crippen molar-refractivity contribution in [1.29, 1.82) is 0 Å². The van der Waals surface area contributed by atoms with Crippen molar-refractivity contribution in [2.75, 3.05) is 12.4 Å². The highest BCUT2D eigenvalue weighted by molar-refractivity contribution is 5.97. The number of halogens is 1. The van der Waals surface area contributed by atoms with Gasteiger partial charge in [-0.05, 0) is 53.4 Å². The van der Waals surface area contributed by atoms with Crippen LogP contribution in [0.2, 0.25) is 0 Å². The third-order valence-corrected chi connectivity index (χ3v) is 5.02. The number of carbonyl (C=O) groups excluding carboxylic acids is 1. The lowest BCUT2D eigenvalue weighted by atomic mass is 9.96. The SMILES string of the molecule is CC.CC.CC.CC(C)c1[nH]c(-c2ccc(F)cc2)c(-c2ccccc2)c1C=O.CNc1ccccc1. The van der Waals surface area contributed by atoms with E-state index < -0.39 is 0 Å². The van der Waals surface area contributed by atoms with Gasteiger partial charge in [-0.2, -0.15) is 0 Å². The van der Waals surface area contributed by atoms with Gasteiger partial charge in [0.05, 0.1) is 5.69 Å². The molecule has 0 atom stereocenters. The third kappa shape index (κ3) is 10.1. The number of hydrogen-bond acceptors (Lipinski definition) is 2. The van der Waals surface area contributed by atoms with Crippen LogP contribution in [0.25, 0.3) is 22.4 Å². The lowest BCUT2D eigenvalue weighted by Gasteiger charge is -2.06. The Labute approximate surface area is 224 Å². The Balaban J connectivity index is 0.000000773. The third-order valence-electron chi connectivity index (χ3n) is 5.02. The molecular formula is C33H45FN2O. The van der Waals surface area contributed by atoms with Gasteiger partial charge in [-0.15, -0.1) is 0 Å². The van der Waals surface area contributed by atoms with Gasteiger partial charge < -0.3 is 10.3 Å². The molecule has 200 valence electrons. The lowest BCUT2D eigenvalue weighted by Crippen LogP contribution is -1.93. The van der Waals surface area contributed by atoms with Crippen LogP contribution in [0.15, 0.2) is 84.9 Å². The molecule has 4 heteroatoms. The van der Waals surface area contributed by atoms with Gasteiger partial charge in [0.15, 0.2) is 6.29 Å². The monoisotopic (exact) mass is 504 g/mol. The van der Waals surface area contributed by atoms with Crippen molar-refractivity contribution >= 4 is 12.0 Å². The molecule has 0 radical (unpaired) electrons. The number of benzene rings is 3. The molecule has 0 bridgehead atoms. The van der Waals surface area contributed by atoms with Gasteiger partial charge in [0.25, 0.3) is 0 Å². The van der Waals surface area contributed by atoms with Gasteiger partial charge >= 0.3 is 0 Å². The van der Waals surface area contributed by atoms with Crippen molar-refractivity contribution in [3.05, 3.63) is 102 Å². The zero-order valence-corrected chi connectivity index (χ0v) is 24.0. The minimum atomic E-state index is -0.277. The predicted octanol–water partition coefficient (Wildman–Crippen LogP) is 10.2. The first-order valence-electron chi connectivity index (χ1n) is 13.3. The van der Waals surface area contributed by atoms with E-state index in [9.17, 15) is 9.18 Å². The molecule has 2 N–H and O–H groups in total. The van der Waals surface area contributed by atoms with Crippen LogP contribution in [0.5, 0.6) is 0 Å². The maximum absolute atomic E-state index is 13.2. The van der Waals surface area contributed by atoms with Crippen LogP contribution >= 0.6 is 0 Å². The fourth-order valence-corrected chi connectivity index (χ4v) is 3.45. The van der Waals surface area contributed by atoms with Gasteiger partial charge in [-0.3, -0.25) is 4.79 Å². The number of para-hydroxylation sites is 1. The fourth-order valence-electron chi connectivity index (χ4n) is 3.45. The molecule has 1 aromatic heterocycles. The summed E-state index contributed by atoms with van der Waals surface area (Å²) in [5.74, 6) is -0.0897. The second kappa shape index (κ2) is 19.5. The summed E-state index contributed by atoms with van der Waals surface area (Å²) < 4.78 is 13.2. The number of anilines is 1. The van der Waals surface area contributed by atoms with Crippen molar-refractivity contribution in [2.24, 2.45) is 0 Å². The maximum atomic E-state index is 13.2. The van der Waals surface area contributed by atoms with Crippen LogP contribution in [0.1, 0.15) is 77.4 Å². The van der Waals surface area contributed by atoms with Gasteiger partial charge in [0.2, 0.25) is 0 Å². The molecular weight excluding hydrogens is 459 g/mol. The molecule has 0 aliphatic heterocycles. The highest BCUT2D eigenvalue weighted by Gasteiger charge is 2.21. The second-order valence-corrected chi connectivity index (χ2v) is 7.46. The van der Waals surface area contributed by atoms with E-state index in [2.05, 4.69) is 10.3 Å². The summed E-state index contributed by atoms with van der Waals surface area (Å²) in [6, 6.07) is 26.2. The van der Waals surface area contributed by atoms with E-state index in [-0.39, 0.29) is 11.7 Å². The summed E-state index contributed by atoms with van der Waals surface area (Å²) in [5, 5.41) is 3.03. The van der Waals surface area contributed by atoms with E-state index >= 15 is 0 Å². The maximum Gasteiger partial charge on any atom is 0.152 e. The second-order valence-electron chi connectivity index (χ2n) is 7.46. The van der Waals surface area contributed by atoms with Crippen molar-refractivity contribution < 1.29 is 9.18 Å². The standard InChI is InChI=1S/C20H18FNO.C7H9N.3C2H6/c1-13(2)19-17(12-23)18(14-6-4-3-5-7-14)20(22-19)15-8-10-16(21)11-9-15;1-8-7-5-3-2-4-6-7;3*1-2/h3-13,22H,1-2H3;2-6,8H,1H3;3*1-2H3. The largest absolute Gasteiger partial charge is 0.388 e. The predicted molar refractivity (Wildman–Crippen MR) is 161 cm³/mol. The molecule has 0 aliphatic carbocycles. The average Bonchev–Trinajstić information content (AvgIpc) is 3.38. The summed E-state index contributed by atoms with van der Waals surface area (Å²) in [6.45, 7) is 16.1. The van der Waals surface area contributed by atoms with Gasteiger partial charge in [0, 0.05) is 29.6 Å². The first-order chi connectivity index (χ1) is 18.0. The Morgan fingerprint density at radius 1 is 0.730 bits per heavy atom. The molecule has 0 amide bonds. The number of nitrogens with one attached hydrogen (secondary N) is 2. The molecule has 0 saturated heterocycles. The zero-order chi connectivity index (χ0) is 28.2. The number of aromatic nitrogens is 1. The molecule has 0 fully saturated rings. The van der Waals surface area contributed by atoms with E-state index in [1.54, 1.807) is 12.1 Å². The molecule has 4 aromatic rings. The zero-order valence-electron chi connectivity index (χ0n) is 24.0. The summed E-state index contributed by atoms with van der Waals surface area (Å²) in [6.07, 6.45) is 0.904. The minimum Gasteiger partial charge on any atom is -0.388 e. The average molecular weight is 505 g/mol. The fraction of sp³-hybridized carbons (Fsp3) is 0.303. The van der Waals surface area contributed by atoms with Crippen molar-refractivity contribution in [3.63, 3.8) is 0 Å². The molecule has 0 spiro atoms. The van der Waals surface area contributed by atoms with Crippen LogP contribution in [-0.4, -0.2) is 18.3 Å². The summed E-state index contributed by atoms with van der Waals surface area (Å²) >= 11 is 0. The molecule has 0 aliphatic rings. The number of aldehydes is 1. The van der Waals surface area contributed by atoms with Crippen molar-refractivity contribution in [1.82, 2.24) is 4.98 Å². The van der Waals surface area contributed by atoms with E-state index in [0.29, 0.717) is 5.56 Å². The smallest absolute Gasteiger partial charge is 0.152 e. The Bertz CT molecular complexity index is 1100. The summed E-state index contributed by atoms with van der Waals surface area (Å²) in [7, 11) is 1.91. The lowest BCUT2D eigenvalue weighted by molar-refractivity contribution is 0.112. The number of carbonyl (C=O) groups is 1. The Morgan fingerprint density at radius 2 is 1.22 bits per heavy atom. The van der Waals surface area contributed by atoms with E-state index in [0.717, 1.165) is 40.1 Å². The summed E-state index contributed by atoms with van der Waals surface area (Å²) in [5.41, 5.74) is 6.28.